The van der Waals surface area contributed by atoms with E-state index in [9.17, 15) is 4.79 Å². The fourth-order valence-corrected chi connectivity index (χ4v) is 3.39. The summed E-state index contributed by atoms with van der Waals surface area (Å²) in [5, 5.41) is 12.8. The average molecular weight is 341 g/mol. The smallest absolute Gasteiger partial charge is 0.321 e. The number of hydrogen-bond donors (Lipinski definition) is 2. The van der Waals surface area contributed by atoms with Crippen LogP contribution in [0.2, 0.25) is 0 Å². The van der Waals surface area contributed by atoms with Crippen LogP contribution < -0.4 is 5.32 Å². The monoisotopic (exact) mass is 341 g/mol. The maximum absolute atomic E-state index is 12.1. The molecule has 0 fully saturated rings. The van der Waals surface area contributed by atoms with E-state index in [1.54, 1.807) is 16.2 Å². The molecule has 6 heteroatoms. The van der Waals surface area contributed by atoms with E-state index in [2.05, 4.69) is 16.4 Å². The second-order valence-electron chi connectivity index (χ2n) is 5.30. The van der Waals surface area contributed by atoms with E-state index in [4.69, 9.17) is 5.11 Å². The van der Waals surface area contributed by atoms with Gasteiger partial charge in [-0.25, -0.2) is 9.78 Å². The number of para-hydroxylation sites is 1. The SMILES string of the molecule is CCN(CCO)C(=O)Nc1ccc(-c2nc3ccccc3s2)cc1. The molecule has 0 aliphatic carbocycles. The molecule has 0 saturated carbocycles. The third-order valence-corrected chi connectivity index (χ3v) is 4.80. The summed E-state index contributed by atoms with van der Waals surface area (Å²) in [5.74, 6) is 0. The van der Waals surface area contributed by atoms with E-state index in [1.165, 1.54) is 0 Å². The van der Waals surface area contributed by atoms with Crippen molar-refractivity contribution in [2.75, 3.05) is 25.0 Å². The number of aliphatic hydroxyl groups excluding tert-OH is 1. The maximum Gasteiger partial charge on any atom is 0.321 e. The number of nitrogens with zero attached hydrogens (tertiary/aromatic N) is 2. The van der Waals surface area contributed by atoms with Crippen LogP contribution in [0.15, 0.2) is 48.5 Å². The first-order valence-corrected chi connectivity index (χ1v) is 8.65. The van der Waals surface area contributed by atoms with Gasteiger partial charge >= 0.3 is 6.03 Å². The molecule has 0 saturated heterocycles. The van der Waals surface area contributed by atoms with Crippen molar-refractivity contribution in [2.45, 2.75) is 6.92 Å². The van der Waals surface area contributed by atoms with E-state index in [1.807, 2.05) is 49.4 Å². The van der Waals surface area contributed by atoms with Gasteiger partial charge in [0.25, 0.3) is 0 Å². The Morgan fingerprint density at radius 3 is 2.62 bits per heavy atom. The number of nitrogens with one attached hydrogen (secondary N) is 1. The number of anilines is 1. The van der Waals surface area contributed by atoms with Crippen molar-refractivity contribution in [3.05, 3.63) is 48.5 Å². The van der Waals surface area contributed by atoms with Crippen molar-refractivity contribution in [1.29, 1.82) is 0 Å². The highest BCUT2D eigenvalue weighted by molar-refractivity contribution is 7.21. The van der Waals surface area contributed by atoms with E-state index in [0.717, 1.165) is 26.5 Å². The van der Waals surface area contributed by atoms with Gasteiger partial charge < -0.3 is 15.3 Å². The molecule has 0 unspecified atom stereocenters. The van der Waals surface area contributed by atoms with Crippen LogP contribution in [-0.4, -0.2) is 40.7 Å². The van der Waals surface area contributed by atoms with E-state index in [-0.39, 0.29) is 12.6 Å². The molecule has 0 aliphatic rings. The zero-order valence-electron chi connectivity index (χ0n) is 13.4. The molecule has 1 aromatic heterocycles. The quantitative estimate of drug-likeness (QED) is 0.742. The van der Waals surface area contributed by atoms with Crippen LogP contribution in [0.1, 0.15) is 6.92 Å². The Balaban J connectivity index is 1.74. The average Bonchev–Trinajstić information content (AvgIpc) is 3.04. The highest BCUT2D eigenvalue weighted by Crippen LogP contribution is 2.30. The first kappa shape index (κ1) is 16.4. The first-order valence-electron chi connectivity index (χ1n) is 7.84. The molecule has 5 nitrogen and oxygen atoms in total. The molecule has 0 radical (unpaired) electrons. The van der Waals surface area contributed by atoms with Gasteiger partial charge in [0.05, 0.1) is 16.8 Å². The number of urea groups is 1. The lowest BCUT2D eigenvalue weighted by atomic mass is 10.2. The second kappa shape index (κ2) is 7.42. The second-order valence-corrected chi connectivity index (χ2v) is 6.33. The van der Waals surface area contributed by atoms with E-state index >= 15 is 0 Å². The number of hydrogen-bond acceptors (Lipinski definition) is 4. The summed E-state index contributed by atoms with van der Waals surface area (Å²) < 4.78 is 1.16. The van der Waals surface area contributed by atoms with Gasteiger partial charge in [-0.3, -0.25) is 0 Å². The molecule has 2 amide bonds. The lowest BCUT2D eigenvalue weighted by Gasteiger charge is -2.20. The van der Waals surface area contributed by atoms with Crippen LogP contribution in [0, 0.1) is 0 Å². The predicted molar refractivity (Wildman–Crippen MR) is 98.4 cm³/mol. The number of benzene rings is 2. The molecule has 124 valence electrons. The summed E-state index contributed by atoms with van der Waals surface area (Å²) in [6.07, 6.45) is 0. The van der Waals surface area contributed by atoms with Gasteiger partial charge in [0.15, 0.2) is 0 Å². The Bertz CT molecular complexity index is 797. The molecule has 0 bridgehead atoms. The van der Waals surface area contributed by atoms with Crippen LogP contribution in [0.5, 0.6) is 0 Å². The molecule has 1 heterocycles. The molecule has 24 heavy (non-hydrogen) atoms. The van der Waals surface area contributed by atoms with Crippen molar-refractivity contribution in [3.8, 4) is 10.6 Å². The number of aromatic nitrogens is 1. The third-order valence-electron chi connectivity index (χ3n) is 3.72. The van der Waals surface area contributed by atoms with Gasteiger partial charge in [0, 0.05) is 24.3 Å². The van der Waals surface area contributed by atoms with E-state index in [0.29, 0.717) is 13.1 Å². The van der Waals surface area contributed by atoms with Crippen molar-refractivity contribution in [1.82, 2.24) is 9.88 Å². The molecule has 2 N–H and O–H groups in total. The summed E-state index contributed by atoms with van der Waals surface area (Å²) in [6.45, 7) is 2.71. The van der Waals surface area contributed by atoms with Crippen molar-refractivity contribution in [3.63, 3.8) is 0 Å². The summed E-state index contributed by atoms with van der Waals surface area (Å²) in [7, 11) is 0. The summed E-state index contributed by atoms with van der Waals surface area (Å²) in [5.41, 5.74) is 2.75. The molecule has 0 atom stereocenters. The molecular formula is C18H19N3O2S. The molecule has 0 spiro atoms. The minimum atomic E-state index is -0.209. The van der Waals surface area contributed by atoms with Crippen LogP contribution >= 0.6 is 11.3 Å². The maximum atomic E-state index is 12.1. The van der Waals surface area contributed by atoms with Crippen molar-refractivity contribution in [2.24, 2.45) is 0 Å². The van der Waals surface area contributed by atoms with Gasteiger partial charge in [-0.2, -0.15) is 0 Å². The number of likely N-dealkylation sites (N-methyl/N-ethyl adjacent to an activating group) is 1. The first-order chi connectivity index (χ1) is 11.7. The van der Waals surface area contributed by atoms with Crippen molar-refractivity contribution < 1.29 is 9.90 Å². The Hall–Kier alpha value is -2.44. The van der Waals surface area contributed by atoms with Crippen LogP contribution in [0.25, 0.3) is 20.8 Å². The summed E-state index contributed by atoms with van der Waals surface area (Å²) in [4.78, 5) is 18.3. The molecule has 0 aliphatic heterocycles. The van der Waals surface area contributed by atoms with Gasteiger partial charge in [0.2, 0.25) is 0 Å². The van der Waals surface area contributed by atoms with Crippen molar-refractivity contribution >= 4 is 33.3 Å². The number of aliphatic hydroxyl groups is 1. The van der Waals surface area contributed by atoms with Gasteiger partial charge in [-0.15, -0.1) is 11.3 Å². The molecule has 2 aromatic carbocycles. The Kier molecular flexibility index (Phi) is 5.08. The molecule has 3 rings (SSSR count). The standard InChI is InChI=1S/C18H19N3O2S/c1-2-21(11-12-22)18(23)19-14-9-7-13(8-10-14)17-20-15-5-3-4-6-16(15)24-17/h3-10,22H,2,11-12H2,1H3,(H,19,23). The largest absolute Gasteiger partial charge is 0.395 e. The fourth-order valence-electron chi connectivity index (χ4n) is 2.42. The lowest BCUT2D eigenvalue weighted by molar-refractivity contribution is 0.192. The van der Waals surface area contributed by atoms with Gasteiger partial charge in [-0.1, -0.05) is 12.1 Å². The number of thiazole rings is 1. The Morgan fingerprint density at radius 2 is 1.96 bits per heavy atom. The Morgan fingerprint density at radius 1 is 1.21 bits per heavy atom. The number of carbonyl (C=O) groups is 1. The lowest BCUT2D eigenvalue weighted by Crippen LogP contribution is -2.36. The normalized spacial score (nSPS) is 10.8. The topological polar surface area (TPSA) is 65.5 Å². The minimum absolute atomic E-state index is 0.0438. The number of fused-ring (bicyclic) bond motifs is 1. The predicted octanol–water partition coefficient (Wildman–Crippen LogP) is 3.81. The summed E-state index contributed by atoms with van der Waals surface area (Å²) in [6, 6.07) is 15.5. The molecule has 3 aromatic rings. The highest BCUT2D eigenvalue weighted by Gasteiger charge is 2.11. The van der Waals surface area contributed by atoms with Gasteiger partial charge in [-0.05, 0) is 43.3 Å². The third kappa shape index (κ3) is 3.55. The zero-order chi connectivity index (χ0) is 16.9. The summed E-state index contributed by atoms with van der Waals surface area (Å²) >= 11 is 1.65. The number of rotatable bonds is 5. The number of amides is 2. The van der Waals surface area contributed by atoms with Crippen LogP contribution in [0.3, 0.4) is 0 Å². The van der Waals surface area contributed by atoms with E-state index < -0.39 is 0 Å². The van der Waals surface area contributed by atoms with Gasteiger partial charge in [0.1, 0.15) is 5.01 Å². The molecular weight excluding hydrogens is 322 g/mol. The van der Waals surface area contributed by atoms with Crippen LogP contribution in [-0.2, 0) is 0 Å². The zero-order valence-corrected chi connectivity index (χ0v) is 14.2. The van der Waals surface area contributed by atoms with Crippen LogP contribution in [0.4, 0.5) is 10.5 Å². The Labute approximate surface area is 144 Å². The highest BCUT2D eigenvalue weighted by atomic mass is 32.1. The number of carbonyl (C=O) groups excluding carboxylic acids is 1. The fraction of sp³-hybridized carbons (Fsp3) is 0.222. The minimum Gasteiger partial charge on any atom is -0.395 e.